The van der Waals surface area contributed by atoms with Crippen LogP contribution in [0.3, 0.4) is 0 Å². The first-order valence-electron chi connectivity index (χ1n) is 7.73. The fourth-order valence-electron chi connectivity index (χ4n) is 3.53. The third kappa shape index (κ3) is 2.89. The van der Waals surface area contributed by atoms with Crippen molar-refractivity contribution in [2.75, 3.05) is 19.8 Å². The molecule has 3 rings (SSSR count). The van der Waals surface area contributed by atoms with E-state index in [1.165, 1.54) is 12.1 Å². The number of rotatable bonds is 2. The number of carbonyl (C=O) groups is 1. The standard InChI is InChI=1S/C17H20FN3O2/c1-17(2)10-21(15-9-23-8-13(15)17)16(22)20-7-11-3-4-12(6-19)14(18)5-11/h3-5,13,15H,7-10H2,1-2H3,(H,20,22)/t13-,15+/m0/s1. The van der Waals surface area contributed by atoms with E-state index in [0.717, 1.165) is 0 Å². The molecule has 0 saturated carbocycles. The van der Waals surface area contributed by atoms with Gasteiger partial charge < -0.3 is 15.0 Å². The molecule has 2 aliphatic rings. The second-order valence-corrected chi connectivity index (χ2v) is 6.91. The number of fused-ring (bicyclic) bond motifs is 1. The van der Waals surface area contributed by atoms with Gasteiger partial charge in [-0.15, -0.1) is 0 Å². The number of benzene rings is 1. The van der Waals surface area contributed by atoms with Gasteiger partial charge in [0.1, 0.15) is 11.9 Å². The summed E-state index contributed by atoms with van der Waals surface area (Å²) in [5.41, 5.74) is 0.679. The highest BCUT2D eigenvalue weighted by atomic mass is 19.1. The van der Waals surface area contributed by atoms with E-state index < -0.39 is 5.82 Å². The van der Waals surface area contributed by atoms with E-state index in [2.05, 4.69) is 19.2 Å². The van der Waals surface area contributed by atoms with Crippen molar-refractivity contribution in [1.82, 2.24) is 10.2 Å². The molecule has 2 fully saturated rings. The number of nitrogens with zero attached hydrogens (tertiary/aromatic N) is 2. The van der Waals surface area contributed by atoms with Crippen LogP contribution in [0, 0.1) is 28.5 Å². The minimum Gasteiger partial charge on any atom is -0.379 e. The third-order valence-corrected chi connectivity index (χ3v) is 4.89. The van der Waals surface area contributed by atoms with Crippen LogP contribution in [0.5, 0.6) is 0 Å². The van der Waals surface area contributed by atoms with Gasteiger partial charge in [-0.05, 0) is 23.1 Å². The van der Waals surface area contributed by atoms with Gasteiger partial charge >= 0.3 is 6.03 Å². The molecule has 2 saturated heterocycles. The van der Waals surface area contributed by atoms with E-state index in [4.69, 9.17) is 10.00 Å². The van der Waals surface area contributed by atoms with Crippen molar-refractivity contribution in [2.24, 2.45) is 11.3 Å². The molecule has 1 N–H and O–H groups in total. The molecule has 0 radical (unpaired) electrons. The lowest BCUT2D eigenvalue weighted by atomic mass is 9.80. The lowest BCUT2D eigenvalue weighted by Crippen LogP contribution is -2.44. The Bertz CT molecular complexity index is 668. The Hall–Kier alpha value is -2.13. The minimum atomic E-state index is -0.564. The van der Waals surface area contributed by atoms with Gasteiger partial charge in [-0.1, -0.05) is 19.9 Å². The van der Waals surface area contributed by atoms with Crippen molar-refractivity contribution < 1.29 is 13.9 Å². The van der Waals surface area contributed by atoms with Crippen molar-refractivity contribution >= 4 is 6.03 Å². The molecule has 2 amide bonds. The van der Waals surface area contributed by atoms with Crippen molar-refractivity contribution in [3.8, 4) is 6.07 Å². The summed E-state index contributed by atoms with van der Waals surface area (Å²) < 4.78 is 19.1. The summed E-state index contributed by atoms with van der Waals surface area (Å²) in [6.45, 7) is 6.51. The van der Waals surface area contributed by atoms with Gasteiger partial charge in [0.25, 0.3) is 0 Å². The van der Waals surface area contributed by atoms with Crippen LogP contribution in [-0.4, -0.2) is 36.7 Å². The Morgan fingerprint density at radius 1 is 1.52 bits per heavy atom. The van der Waals surface area contributed by atoms with Crippen molar-refractivity contribution in [3.63, 3.8) is 0 Å². The summed E-state index contributed by atoms with van der Waals surface area (Å²) in [6.07, 6.45) is 0. The van der Waals surface area contributed by atoms with Gasteiger partial charge in [0, 0.05) is 19.0 Å². The zero-order valence-corrected chi connectivity index (χ0v) is 13.3. The lowest BCUT2D eigenvalue weighted by molar-refractivity contribution is 0.124. The summed E-state index contributed by atoms with van der Waals surface area (Å²) in [5.74, 6) is -0.202. The average molecular weight is 317 g/mol. The Morgan fingerprint density at radius 2 is 2.30 bits per heavy atom. The number of amides is 2. The molecular formula is C17H20FN3O2. The molecule has 0 spiro atoms. The highest BCUT2D eigenvalue weighted by Gasteiger charge is 2.51. The number of hydrogen-bond acceptors (Lipinski definition) is 3. The molecular weight excluding hydrogens is 297 g/mol. The number of likely N-dealkylation sites (tertiary alicyclic amines) is 1. The second kappa shape index (κ2) is 5.82. The molecule has 0 bridgehead atoms. The van der Waals surface area contributed by atoms with E-state index in [0.29, 0.717) is 31.2 Å². The number of halogens is 1. The van der Waals surface area contributed by atoms with E-state index in [1.54, 1.807) is 12.1 Å². The Balaban J connectivity index is 1.64. The molecule has 122 valence electrons. The van der Waals surface area contributed by atoms with Gasteiger partial charge in [-0.2, -0.15) is 5.26 Å². The molecule has 0 aromatic heterocycles. The Kier molecular flexibility index (Phi) is 3.99. The molecule has 2 atom stereocenters. The van der Waals surface area contributed by atoms with Gasteiger partial charge in [0.2, 0.25) is 0 Å². The molecule has 23 heavy (non-hydrogen) atoms. The first-order chi connectivity index (χ1) is 10.9. The van der Waals surface area contributed by atoms with Crippen LogP contribution in [0.1, 0.15) is 25.0 Å². The molecule has 6 heteroatoms. The minimum absolute atomic E-state index is 0.00677. The van der Waals surface area contributed by atoms with Crippen LogP contribution in [0.25, 0.3) is 0 Å². The van der Waals surface area contributed by atoms with E-state index in [9.17, 15) is 9.18 Å². The number of urea groups is 1. The largest absolute Gasteiger partial charge is 0.379 e. The maximum Gasteiger partial charge on any atom is 0.318 e. The molecule has 2 heterocycles. The van der Waals surface area contributed by atoms with Crippen LogP contribution in [0.4, 0.5) is 9.18 Å². The van der Waals surface area contributed by atoms with Gasteiger partial charge in [0.05, 0.1) is 24.8 Å². The average Bonchev–Trinajstić information content (AvgIpc) is 3.08. The predicted molar refractivity (Wildman–Crippen MR) is 81.9 cm³/mol. The zero-order valence-electron chi connectivity index (χ0n) is 13.3. The summed E-state index contributed by atoms with van der Waals surface area (Å²) in [5, 5.41) is 11.6. The second-order valence-electron chi connectivity index (χ2n) is 6.91. The fraction of sp³-hybridized carbons (Fsp3) is 0.529. The highest BCUT2D eigenvalue weighted by molar-refractivity contribution is 5.75. The maximum absolute atomic E-state index is 13.6. The molecule has 0 aliphatic carbocycles. The number of nitriles is 1. The predicted octanol–water partition coefficient (Wildman–Crippen LogP) is 2.26. The first-order valence-corrected chi connectivity index (χ1v) is 7.73. The van der Waals surface area contributed by atoms with E-state index >= 15 is 0 Å². The monoisotopic (exact) mass is 317 g/mol. The Morgan fingerprint density at radius 3 is 3.00 bits per heavy atom. The molecule has 1 aromatic rings. The first kappa shape index (κ1) is 15.8. The number of ether oxygens (including phenoxy) is 1. The lowest BCUT2D eigenvalue weighted by Gasteiger charge is -2.24. The van der Waals surface area contributed by atoms with E-state index in [1.807, 2.05) is 4.90 Å². The maximum atomic E-state index is 13.6. The molecule has 5 nitrogen and oxygen atoms in total. The summed E-state index contributed by atoms with van der Waals surface area (Å²) in [4.78, 5) is 14.3. The fourth-order valence-corrected chi connectivity index (χ4v) is 3.53. The van der Waals surface area contributed by atoms with Gasteiger partial charge in [-0.3, -0.25) is 0 Å². The van der Waals surface area contributed by atoms with Crippen molar-refractivity contribution in [1.29, 1.82) is 5.26 Å². The normalized spacial score (nSPS) is 25.0. The summed E-state index contributed by atoms with van der Waals surface area (Å²) >= 11 is 0. The third-order valence-electron chi connectivity index (χ3n) is 4.89. The summed E-state index contributed by atoms with van der Waals surface area (Å²) in [6, 6.07) is 6.11. The van der Waals surface area contributed by atoms with Crippen LogP contribution in [-0.2, 0) is 11.3 Å². The number of carbonyl (C=O) groups excluding carboxylic acids is 1. The van der Waals surface area contributed by atoms with Gasteiger partial charge in [0.15, 0.2) is 0 Å². The summed E-state index contributed by atoms with van der Waals surface area (Å²) in [7, 11) is 0. The van der Waals surface area contributed by atoms with Crippen molar-refractivity contribution in [3.05, 3.63) is 35.1 Å². The SMILES string of the molecule is CC1(C)CN(C(=O)NCc2ccc(C#N)c(F)c2)[C@@H]2COC[C@@H]21. The number of hydrogen-bond donors (Lipinski definition) is 1. The topological polar surface area (TPSA) is 65.4 Å². The smallest absolute Gasteiger partial charge is 0.318 e. The molecule has 1 aromatic carbocycles. The zero-order chi connectivity index (χ0) is 16.6. The van der Waals surface area contributed by atoms with Crippen LogP contribution in [0.15, 0.2) is 18.2 Å². The van der Waals surface area contributed by atoms with E-state index in [-0.39, 0.29) is 29.6 Å². The molecule has 2 aliphatic heterocycles. The molecule has 0 unspecified atom stereocenters. The van der Waals surface area contributed by atoms with Crippen LogP contribution >= 0.6 is 0 Å². The quantitative estimate of drug-likeness (QED) is 0.910. The van der Waals surface area contributed by atoms with Crippen molar-refractivity contribution in [2.45, 2.75) is 26.4 Å². The van der Waals surface area contributed by atoms with Gasteiger partial charge in [-0.25, -0.2) is 9.18 Å². The van der Waals surface area contributed by atoms with Crippen LogP contribution in [0.2, 0.25) is 0 Å². The van der Waals surface area contributed by atoms with Crippen LogP contribution < -0.4 is 5.32 Å². The highest BCUT2D eigenvalue weighted by Crippen LogP contribution is 2.43. The Labute approximate surface area is 135 Å². The number of nitrogens with one attached hydrogen (secondary N) is 1.